The van der Waals surface area contributed by atoms with Crippen molar-refractivity contribution in [3.63, 3.8) is 0 Å². The SMILES string of the molecule is CC/C=C\C/C=C\C/C=C\C/C=C\C/C=C\C/C=C\C/C=C\C/C=C\CCCCCCC(=O)OCC(COC(=O)CCCCCCCCCCCCCC)OC(=O)CCCCCCCCCCC/C=C\CCCCCCCCCC. The fourth-order valence-electron chi connectivity index (χ4n) is 9.45. The number of rotatable bonds is 61. The summed E-state index contributed by atoms with van der Waals surface area (Å²) in [6, 6.07) is 0. The van der Waals surface area contributed by atoms with Crippen LogP contribution in [0.2, 0.25) is 0 Å². The van der Waals surface area contributed by atoms with Gasteiger partial charge in [0.25, 0.3) is 0 Å². The van der Waals surface area contributed by atoms with E-state index in [4.69, 9.17) is 14.2 Å². The molecule has 0 rings (SSSR count). The smallest absolute Gasteiger partial charge is 0.306 e. The standard InChI is InChI=1S/C74H126O6/c1-4-7-10-13-16-19-22-25-27-29-31-33-34-35-36-37-38-39-40-42-43-45-47-49-52-55-58-61-64-67-73(76)79-70-71(69-78-72(75)66-63-60-57-54-51-24-21-18-15-12-9-6-3)80-74(77)68-65-62-59-56-53-50-48-46-44-41-32-30-28-26-23-20-17-14-11-8-5-2/h7,10,16,19,25,27,30-33,35-36,38-39,42-43,47,49,71H,4-6,8-9,11-15,17-18,20-24,26,28-29,34,37,40-41,44-46,48,50-70H2,1-3H3/b10-7-,19-16-,27-25-,32-30-,33-31-,36-35-,39-38-,43-42-,49-47-. The lowest BCUT2D eigenvalue weighted by Crippen LogP contribution is -2.30. The first-order valence-electron chi connectivity index (χ1n) is 33.9. The number of esters is 3. The number of allylic oxidation sites excluding steroid dienone is 18. The van der Waals surface area contributed by atoms with Crippen molar-refractivity contribution >= 4 is 17.9 Å². The molecule has 80 heavy (non-hydrogen) atoms. The van der Waals surface area contributed by atoms with E-state index in [0.717, 1.165) is 122 Å². The Bertz CT molecular complexity index is 1610. The molecule has 6 heteroatoms. The van der Waals surface area contributed by atoms with Gasteiger partial charge in [0.15, 0.2) is 6.10 Å². The van der Waals surface area contributed by atoms with Crippen molar-refractivity contribution in [2.45, 2.75) is 329 Å². The molecular weight excluding hydrogens is 985 g/mol. The molecule has 0 spiro atoms. The van der Waals surface area contributed by atoms with E-state index in [0.29, 0.717) is 19.3 Å². The van der Waals surface area contributed by atoms with Gasteiger partial charge in [0, 0.05) is 19.3 Å². The van der Waals surface area contributed by atoms with Crippen LogP contribution >= 0.6 is 0 Å². The Kier molecular flexibility index (Phi) is 64.3. The molecule has 0 aliphatic carbocycles. The monoisotopic (exact) mass is 1110 g/mol. The van der Waals surface area contributed by atoms with Crippen LogP contribution in [0.15, 0.2) is 109 Å². The highest BCUT2D eigenvalue weighted by molar-refractivity contribution is 5.71. The summed E-state index contributed by atoms with van der Waals surface area (Å²) in [6.07, 6.45) is 92.4. The van der Waals surface area contributed by atoms with Crippen LogP contribution in [-0.4, -0.2) is 37.2 Å². The molecule has 0 aromatic heterocycles. The molecule has 0 amide bonds. The third-order valence-corrected chi connectivity index (χ3v) is 14.5. The summed E-state index contributed by atoms with van der Waals surface area (Å²) in [5, 5.41) is 0. The predicted octanol–water partition coefficient (Wildman–Crippen LogP) is 23.4. The Morgan fingerprint density at radius 2 is 0.487 bits per heavy atom. The molecule has 458 valence electrons. The molecule has 0 aromatic carbocycles. The van der Waals surface area contributed by atoms with Gasteiger partial charge in [-0.15, -0.1) is 0 Å². The topological polar surface area (TPSA) is 78.9 Å². The van der Waals surface area contributed by atoms with Crippen molar-refractivity contribution in [3.8, 4) is 0 Å². The highest BCUT2D eigenvalue weighted by Crippen LogP contribution is 2.16. The molecule has 1 atom stereocenters. The first-order valence-corrected chi connectivity index (χ1v) is 33.9. The van der Waals surface area contributed by atoms with Crippen LogP contribution in [0.5, 0.6) is 0 Å². The van der Waals surface area contributed by atoms with E-state index in [9.17, 15) is 14.4 Å². The number of carbonyl (C=O) groups excluding carboxylic acids is 3. The van der Waals surface area contributed by atoms with Crippen LogP contribution in [0.3, 0.4) is 0 Å². The molecule has 0 fully saturated rings. The number of ether oxygens (including phenoxy) is 3. The molecule has 1 unspecified atom stereocenters. The van der Waals surface area contributed by atoms with Gasteiger partial charge in [-0.2, -0.15) is 0 Å². The molecule has 0 N–H and O–H groups in total. The van der Waals surface area contributed by atoms with Crippen molar-refractivity contribution in [1.82, 2.24) is 0 Å². The minimum Gasteiger partial charge on any atom is -0.462 e. The summed E-state index contributed by atoms with van der Waals surface area (Å²) >= 11 is 0. The van der Waals surface area contributed by atoms with Crippen LogP contribution in [0.25, 0.3) is 0 Å². The van der Waals surface area contributed by atoms with E-state index in [1.54, 1.807) is 0 Å². The number of unbranched alkanes of at least 4 members (excludes halogenated alkanes) is 32. The zero-order valence-electron chi connectivity index (χ0n) is 52.6. The van der Waals surface area contributed by atoms with Crippen molar-refractivity contribution < 1.29 is 28.6 Å². The zero-order chi connectivity index (χ0) is 57.8. The molecule has 6 nitrogen and oxygen atoms in total. The fourth-order valence-corrected chi connectivity index (χ4v) is 9.45. The van der Waals surface area contributed by atoms with Gasteiger partial charge in [-0.1, -0.05) is 304 Å². The van der Waals surface area contributed by atoms with E-state index in [-0.39, 0.29) is 31.1 Å². The Balaban J connectivity index is 4.35. The van der Waals surface area contributed by atoms with E-state index in [2.05, 4.69) is 130 Å². The number of hydrogen-bond donors (Lipinski definition) is 0. The first kappa shape index (κ1) is 76.1. The normalized spacial score (nSPS) is 12.8. The van der Waals surface area contributed by atoms with Crippen molar-refractivity contribution in [2.75, 3.05) is 13.2 Å². The van der Waals surface area contributed by atoms with E-state index in [1.807, 2.05) is 0 Å². The van der Waals surface area contributed by atoms with Crippen molar-refractivity contribution in [2.24, 2.45) is 0 Å². The summed E-state index contributed by atoms with van der Waals surface area (Å²) < 4.78 is 16.9. The minimum absolute atomic E-state index is 0.0848. The summed E-state index contributed by atoms with van der Waals surface area (Å²) in [4.78, 5) is 38.3. The van der Waals surface area contributed by atoms with E-state index < -0.39 is 6.10 Å². The average Bonchev–Trinajstić information content (AvgIpc) is 3.46. The van der Waals surface area contributed by atoms with Crippen LogP contribution in [0.4, 0.5) is 0 Å². The van der Waals surface area contributed by atoms with Gasteiger partial charge in [-0.3, -0.25) is 14.4 Å². The van der Waals surface area contributed by atoms with Gasteiger partial charge >= 0.3 is 17.9 Å². The molecular formula is C74H126O6. The fraction of sp³-hybridized carbons (Fsp3) is 0.716. The lowest BCUT2D eigenvalue weighted by molar-refractivity contribution is -0.167. The van der Waals surface area contributed by atoms with Gasteiger partial charge < -0.3 is 14.2 Å². The van der Waals surface area contributed by atoms with Gasteiger partial charge in [0.1, 0.15) is 13.2 Å². The van der Waals surface area contributed by atoms with Crippen LogP contribution in [0, 0.1) is 0 Å². The first-order chi connectivity index (χ1) is 39.5. The maximum absolute atomic E-state index is 12.9. The third-order valence-electron chi connectivity index (χ3n) is 14.5. The summed E-state index contributed by atoms with van der Waals surface area (Å²) in [5.41, 5.74) is 0. The molecule has 0 aliphatic rings. The van der Waals surface area contributed by atoms with Gasteiger partial charge in [0.05, 0.1) is 0 Å². The second kappa shape index (κ2) is 67.6. The van der Waals surface area contributed by atoms with E-state index in [1.165, 1.54) is 161 Å². The minimum atomic E-state index is -0.791. The predicted molar refractivity (Wildman–Crippen MR) is 348 cm³/mol. The summed E-state index contributed by atoms with van der Waals surface area (Å²) in [6.45, 7) is 6.53. The Labute approximate surface area is 495 Å². The largest absolute Gasteiger partial charge is 0.462 e. The maximum Gasteiger partial charge on any atom is 0.306 e. The molecule has 0 aromatic rings. The van der Waals surface area contributed by atoms with Gasteiger partial charge in [0.2, 0.25) is 0 Å². The zero-order valence-corrected chi connectivity index (χ0v) is 52.6. The second-order valence-corrected chi connectivity index (χ2v) is 22.4. The number of carbonyl (C=O) groups is 3. The van der Waals surface area contributed by atoms with Gasteiger partial charge in [-0.05, 0) is 109 Å². The molecule has 0 saturated carbocycles. The lowest BCUT2D eigenvalue weighted by atomic mass is 10.0. The lowest BCUT2D eigenvalue weighted by Gasteiger charge is -2.18. The summed E-state index contributed by atoms with van der Waals surface area (Å²) in [7, 11) is 0. The highest BCUT2D eigenvalue weighted by Gasteiger charge is 2.19. The molecule has 0 radical (unpaired) electrons. The summed E-state index contributed by atoms with van der Waals surface area (Å²) in [5.74, 6) is -0.902. The van der Waals surface area contributed by atoms with Crippen LogP contribution in [-0.2, 0) is 28.6 Å². The number of hydrogen-bond acceptors (Lipinski definition) is 6. The Hall–Kier alpha value is -3.93. The third kappa shape index (κ3) is 64.9. The average molecular weight is 1110 g/mol. The van der Waals surface area contributed by atoms with Gasteiger partial charge in [-0.25, -0.2) is 0 Å². The quantitative estimate of drug-likeness (QED) is 0.0261. The van der Waals surface area contributed by atoms with Crippen LogP contribution in [0.1, 0.15) is 323 Å². The molecule has 0 saturated heterocycles. The van der Waals surface area contributed by atoms with E-state index >= 15 is 0 Å². The Morgan fingerprint density at radius 3 is 0.775 bits per heavy atom. The Morgan fingerprint density at radius 1 is 0.263 bits per heavy atom. The second-order valence-electron chi connectivity index (χ2n) is 22.4. The van der Waals surface area contributed by atoms with Crippen molar-refractivity contribution in [1.29, 1.82) is 0 Å². The molecule has 0 heterocycles. The molecule has 0 aliphatic heterocycles. The highest BCUT2D eigenvalue weighted by atomic mass is 16.6. The molecule has 0 bridgehead atoms. The van der Waals surface area contributed by atoms with Crippen molar-refractivity contribution in [3.05, 3.63) is 109 Å². The van der Waals surface area contributed by atoms with Crippen LogP contribution < -0.4 is 0 Å². The maximum atomic E-state index is 12.9.